The number of nitrogens with two attached hydrogens (primary N) is 2. The summed E-state index contributed by atoms with van der Waals surface area (Å²) in [7, 11) is 0. The molecule has 0 bridgehead atoms. The first kappa shape index (κ1) is 29.8. The zero-order valence-corrected chi connectivity index (χ0v) is 18.8. The fourth-order valence-corrected chi connectivity index (χ4v) is 2.89. The van der Waals surface area contributed by atoms with Crippen molar-refractivity contribution < 1.29 is 39.0 Å². The van der Waals surface area contributed by atoms with Crippen LogP contribution in [0.2, 0.25) is 0 Å². The lowest BCUT2D eigenvalue weighted by molar-refractivity contribution is -0.143. The van der Waals surface area contributed by atoms with Crippen LogP contribution in [0.4, 0.5) is 0 Å². The van der Waals surface area contributed by atoms with E-state index in [1.807, 2.05) is 6.92 Å². The molecule has 33 heavy (non-hydrogen) atoms. The topological polar surface area (TPSA) is 231 Å². The van der Waals surface area contributed by atoms with Gasteiger partial charge in [-0.15, -0.1) is 0 Å². The maximum absolute atomic E-state index is 12.8. The summed E-state index contributed by atoms with van der Waals surface area (Å²) < 4.78 is 0. The molecule has 9 N–H and O–H groups in total. The van der Waals surface area contributed by atoms with Crippen LogP contribution in [0, 0.1) is 0 Å². The highest BCUT2D eigenvalue weighted by molar-refractivity contribution is 5.92. The van der Waals surface area contributed by atoms with E-state index in [2.05, 4.69) is 16.0 Å². The minimum absolute atomic E-state index is 0.0761. The van der Waals surface area contributed by atoms with E-state index in [-0.39, 0.29) is 32.1 Å². The number of unbranched alkanes of at least 4 members (excludes halogenated alkanes) is 2. The van der Waals surface area contributed by atoms with Crippen LogP contribution in [0.15, 0.2) is 0 Å². The van der Waals surface area contributed by atoms with E-state index in [1.165, 1.54) is 0 Å². The number of rotatable bonds is 19. The Morgan fingerprint density at radius 3 is 1.70 bits per heavy atom. The fourth-order valence-electron chi connectivity index (χ4n) is 2.89. The number of carbonyl (C=O) groups excluding carboxylic acids is 4. The van der Waals surface area contributed by atoms with Gasteiger partial charge in [-0.3, -0.25) is 24.0 Å². The van der Waals surface area contributed by atoms with Crippen LogP contribution < -0.4 is 27.4 Å². The van der Waals surface area contributed by atoms with Crippen LogP contribution in [-0.4, -0.2) is 70.5 Å². The first-order valence-corrected chi connectivity index (χ1v) is 10.8. The number of aliphatic carboxylic acids is 2. The molecule has 0 aromatic heterocycles. The summed E-state index contributed by atoms with van der Waals surface area (Å²) in [5.41, 5.74) is 10.3. The molecule has 3 atom stereocenters. The van der Waals surface area contributed by atoms with Gasteiger partial charge in [-0.1, -0.05) is 19.8 Å². The standard InChI is InChI=1S/C20H35N5O8/c1-2-3-4-11-23-12(5-8-15(21)26)18(30)24-13(6-9-16(22)27)19(31)25-14(20(32)33)7-10-17(28)29/h12-14,23H,2-11H2,1H3,(H2,21,26)(H2,22,27)(H,24,30)(H,25,31)(H,28,29)(H,32,33)/t12-,13-,14-/m0/s1. The molecule has 0 radical (unpaired) electrons. The Morgan fingerprint density at radius 1 is 0.727 bits per heavy atom. The molecule has 0 saturated carbocycles. The highest BCUT2D eigenvalue weighted by Gasteiger charge is 2.29. The van der Waals surface area contributed by atoms with Crippen LogP contribution in [0.5, 0.6) is 0 Å². The van der Waals surface area contributed by atoms with E-state index in [0.717, 1.165) is 19.3 Å². The highest BCUT2D eigenvalue weighted by atomic mass is 16.4. The molecule has 4 amide bonds. The Morgan fingerprint density at radius 2 is 1.21 bits per heavy atom. The molecule has 188 valence electrons. The summed E-state index contributed by atoms with van der Waals surface area (Å²) in [6.07, 6.45) is 1.35. The van der Waals surface area contributed by atoms with Gasteiger partial charge in [0.25, 0.3) is 0 Å². The molecule has 0 aliphatic carbocycles. The van der Waals surface area contributed by atoms with Crippen LogP contribution in [0.1, 0.15) is 64.7 Å². The smallest absolute Gasteiger partial charge is 0.326 e. The van der Waals surface area contributed by atoms with Crippen LogP contribution in [0.3, 0.4) is 0 Å². The number of nitrogens with one attached hydrogen (secondary N) is 3. The molecule has 0 fully saturated rings. The fraction of sp³-hybridized carbons (Fsp3) is 0.700. The normalized spacial score (nSPS) is 13.4. The Hall–Kier alpha value is -3.22. The summed E-state index contributed by atoms with van der Waals surface area (Å²) in [5, 5.41) is 25.7. The molecule has 0 unspecified atom stereocenters. The van der Waals surface area contributed by atoms with E-state index >= 15 is 0 Å². The molecule has 0 rings (SSSR count). The Bertz CT molecular complexity index is 700. The van der Waals surface area contributed by atoms with Crippen LogP contribution in [0.25, 0.3) is 0 Å². The quantitative estimate of drug-likeness (QED) is 0.109. The highest BCUT2D eigenvalue weighted by Crippen LogP contribution is 2.05. The lowest BCUT2D eigenvalue weighted by Crippen LogP contribution is -2.55. The summed E-state index contributed by atoms with van der Waals surface area (Å²) >= 11 is 0. The van der Waals surface area contributed by atoms with Crippen molar-refractivity contribution in [3.05, 3.63) is 0 Å². The minimum Gasteiger partial charge on any atom is -0.481 e. The number of hydrogen-bond acceptors (Lipinski definition) is 7. The van der Waals surface area contributed by atoms with Gasteiger partial charge in [0.1, 0.15) is 12.1 Å². The number of primary amides is 2. The number of carbonyl (C=O) groups is 6. The maximum Gasteiger partial charge on any atom is 0.326 e. The summed E-state index contributed by atoms with van der Waals surface area (Å²) in [5.74, 6) is -5.54. The zero-order valence-electron chi connectivity index (χ0n) is 18.8. The van der Waals surface area contributed by atoms with Crippen molar-refractivity contribution in [3.8, 4) is 0 Å². The van der Waals surface area contributed by atoms with Crippen molar-refractivity contribution in [2.45, 2.75) is 82.8 Å². The van der Waals surface area contributed by atoms with Crippen molar-refractivity contribution in [3.63, 3.8) is 0 Å². The van der Waals surface area contributed by atoms with E-state index in [1.54, 1.807) is 0 Å². The maximum atomic E-state index is 12.8. The van der Waals surface area contributed by atoms with Crippen molar-refractivity contribution >= 4 is 35.6 Å². The predicted octanol–water partition coefficient (Wildman–Crippen LogP) is -1.42. The SMILES string of the molecule is CCCCCN[C@@H](CCC(N)=O)C(=O)N[C@@H](CCC(N)=O)C(=O)N[C@@H](CCC(=O)O)C(=O)O. The third kappa shape index (κ3) is 14.5. The molecule has 0 spiro atoms. The molecule has 0 aromatic carbocycles. The van der Waals surface area contributed by atoms with Gasteiger partial charge < -0.3 is 37.6 Å². The van der Waals surface area contributed by atoms with Gasteiger partial charge in [0.2, 0.25) is 23.6 Å². The number of amides is 4. The van der Waals surface area contributed by atoms with Gasteiger partial charge >= 0.3 is 11.9 Å². The van der Waals surface area contributed by atoms with Gasteiger partial charge in [0.15, 0.2) is 0 Å². The van der Waals surface area contributed by atoms with Crippen LogP contribution in [-0.2, 0) is 28.8 Å². The van der Waals surface area contributed by atoms with E-state index in [9.17, 15) is 33.9 Å². The molecular weight excluding hydrogens is 438 g/mol. The average molecular weight is 474 g/mol. The molecule has 13 nitrogen and oxygen atoms in total. The van der Waals surface area contributed by atoms with E-state index in [0.29, 0.717) is 6.54 Å². The Kier molecular flexibility index (Phi) is 14.8. The summed E-state index contributed by atoms with van der Waals surface area (Å²) in [4.78, 5) is 69.9. The second-order valence-corrected chi connectivity index (χ2v) is 7.62. The zero-order chi connectivity index (χ0) is 25.4. The molecule has 0 saturated heterocycles. The number of carboxylic acids is 2. The van der Waals surface area contributed by atoms with Gasteiger partial charge in [-0.25, -0.2) is 4.79 Å². The summed E-state index contributed by atoms with van der Waals surface area (Å²) in [6, 6.07) is -3.65. The van der Waals surface area contributed by atoms with Gasteiger partial charge in [-0.2, -0.15) is 0 Å². The van der Waals surface area contributed by atoms with Crippen molar-refractivity contribution in [2.24, 2.45) is 11.5 Å². The number of carboxylic acid groups (broad SMARTS) is 2. The summed E-state index contributed by atoms with van der Waals surface area (Å²) in [6.45, 7) is 2.50. The lowest BCUT2D eigenvalue weighted by Gasteiger charge is -2.24. The van der Waals surface area contributed by atoms with Gasteiger partial charge in [-0.05, 0) is 32.2 Å². The second kappa shape index (κ2) is 16.4. The molecule has 0 aliphatic heterocycles. The first-order valence-electron chi connectivity index (χ1n) is 10.8. The Balaban J connectivity index is 5.35. The first-order chi connectivity index (χ1) is 15.5. The van der Waals surface area contributed by atoms with Crippen LogP contribution >= 0.6 is 0 Å². The molecule has 0 heterocycles. The molecule has 13 heteroatoms. The van der Waals surface area contributed by atoms with Crippen molar-refractivity contribution in [1.82, 2.24) is 16.0 Å². The third-order valence-corrected chi connectivity index (χ3v) is 4.74. The van der Waals surface area contributed by atoms with E-state index in [4.69, 9.17) is 16.6 Å². The van der Waals surface area contributed by atoms with Gasteiger partial charge in [0.05, 0.1) is 6.04 Å². The molecule has 0 aliphatic rings. The third-order valence-electron chi connectivity index (χ3n) is 4.74. The number of hydrogen-bond donors (Lipinski definition) is 7. The average Bonchev–Trinajstić information content (AvgIpc) is 2.72. The lowest BCUT2D eigenvalue weighted by atomic mass is 10.1. The van der Waals surface area contributed by atoms with E-state index < -0.39 is 60.1 Å². The predicted molar refractivity (Wildman–Crippen MR) is 117 cm³/mol. The minimum atomic E-state index is -1.50. The van der Waals surface area contributed by atoms with Gasteiger partial charge in [0, 0.05) is 19.3 Å². The Labute approximate surface area is 192 Å². The molecule has 0 aromatic rings. The largest absolute Gasteiger partial charge is 0.481 e. The van der Waals surface area contributed by atoms with Crippen molar-refractivity contribution in [2.75, 3.05) is 6.54 Å². The molecular formula is C20H35N5O8. The second-order valence-electron chi connectivity index (χ2n) is 7.62. The van der Waals surface area contributed by atoms with Crippen molar-refractivity contribution in [1.29, 1.82) is 0 Å². The monoisotopic (exact) mass is 473 g/mol.